The number of carbonyl (C=O) groups is 1. The van der Waals surface area contributed by atoms with Crippen molar-refractivity contribution in [2.75, 3.05) is 32.1 Å². The highest BCUT2D eigenvalue weighted by Crippen LogP contribution is 2.27. The summed E-state index contributed by atoms with van der Waals surface area (Å²) in [7, 11) is 1.55. The van der Waals surface area contributed by atoms with Crippen LogP contribution in [0, 0.1) is 11.6 Å². The average Bonchev–Trinajstić information content (AvgIpc) is 3.47. The van der Waals surface area contributed by atoms with Crippen LogP contribution in [0.3, 0.4) is 0 Å². The quantitative estimate of drug-likeness (QED) is 0.272. The lowest BCUT2D eigenvalue weighted by atomic mass is 10.1. The lowest BCUT2D eigenvalue weighted by Crippen LogP contribution is -2.39. The SMILES string of the molecule is COCCN(CCc1csc2nc(-c3ccc4ccccc4c3)cn12)C(=O)Nc1ccc(F)cc1F. The number of halogens is 2. The van der Waals surface area contributed by atoms with Crippen LogP contribution in [-0.4, -0.2) is 47.1 Å². The number of benzene rings is 3. The molecule has 2 heterocycles. The zero-order chi connectivity index (χ0) is 25.1. The highest BCUT2D eigenvalue weighted by atomic mass is 32.1. The third-order valence-electron chi connectivity index (χ3n) is 5.99. The minimum Gasteiger partial charge on any atom is -0.383 e. The standard InChI is InChI=1S/C27H24F2N4O2S/c1-35-13-12-32(26(34)30-24-9-8-21(28)15-23(24)29)11-10-22-17-36-27-31-25(16-33(22)27)20-7-6-18-4-2-3-5-19(18)14-20/h2-9,14-17H,10-13H2,1H3,(H,30,34). The number of rotatable bonds is 8. The molecule has 0 aliphatic carbocycles. The van der Waals surface area contributed by atoms with Crippen LogP contribution < -0.4 is 5.32 Å². The van der Waals surface area contributed by atoms with E-state index in [1.807, 2.05) is 28.1 Å². The number of amides is 2. The smallest absolute Gasteiger partial charge is 0.322 e. The van der Waals surface area contributed by atoms with E-state index >= 15 is 0 Å². The second-order valence-electron chi connectivity index (χ2n) is 8.35. The van der Waals surface area contributed by atoms with Gasteiger partial charge in [0.25, 0.3) is 0 Å². The largest absolute Gasteiger partial charge is 0.383 e. The molecule has 0 bridgehead atoms. The molecule has 1 N–H and O–H groups in total. The number of nitrogens with one attached hydrogen (secondary N) is 1. The van der Waals surface area contributed by atoms with Crippen molar-refractivity contribution in [2.24, 2.45) is 0 Å². The molecule has 184 valence electrons. The number of methoxy groups -OCH3 is 1. The number of aromatic nitrogens is 2. The number of carbonyl (C=O) groups excluding carboxylic acids is 1. The normalized spacial score (nSPS) is 11.3. The van der Waals surface area contributed by atoms with Crippen LogP contribution in [-0.2, 0) is 11.2 Å². The van der Waals surface area contributed by atoms with Gasteiger partial charge in [-0.1, -0.05) is 36.4 Å². The van der Waals surface area contributed by atoms with E-state index in [4.69, 9.17) is 9.72 Å². The first-order chi connectivity index (χ1) is 17.5. The van der Waals surface area contributed by atoms with Gasteiger partial charge < -0.3 is 15.0 Å². The summed E-state index contributed by atoms with van der Waals surface area (Å²) in [4.78, 5) is 20.1. The van der Waals surface area contributed by atoms with E-state index in [1.54, 1.807) is 12.0 Å². The maximum atomic E-state index is 14.0. The monoisotopic (exact) mass is 506 g/mol. The molecule has 0 unspecified atom stereocenters. The van der Waals surface area contributed by atoms with Gasteiger partial charge in [0.15, 0.2) is 4.96 Å². The Morgan fingerprint density at radius 3 is 2.72 bits per heavy atom. The first-order valence-electron chi connectivity index (χ1n) is 11.5. The van der Waals surface area contributed by atoms with E-state index in [9.17, 15) is 13.6 Å². The highest BCUT2D eigenvalue weighted by molar-refractivity contribution is 7.15. The zero-order valence-electron chi connectivity index (χ0n) is 19.6. The number of hydrogen-bond acceptors (Lipinski definition) is 4. The average molecular weight is 507 g/mol. The van der Waals surface area contributed by atoms with Gasteiger partial charge in [-0.05, 0) is 29.0 Å². The molecule has 0 saturated carbocycles. The van der Waals surface area contributed by atoms with Gasteiger partial charge in [0, 0.05) is 55.5 Å². The van der Waals surface area contributed by atoms with Gasteiger partial charge in [0.1, 0.15) is 11.6 Å². The van der Waals surface area contributed by atoms with Crippen LogP contribution in [0.25, 0.3) is 27.0 Å². The van der Waals surface area contributed by atoms with Crippen LogP contribution in [0.1, 0.15) is 5.69 Å². The number of thiazole rings is 1. The molecule has 2 aromatic heterocycles. The third kappa shape index (κ3) is 5.07. The van der Waals surface area contributed by atoms with Crippen LogP contribution in [0.5, 0.6) is 0 Å². The molecule has 0 aliphatic heterocycles. The first-order valence-corrected chi connectivity index (χ1v) is 12.3. The second-order valence-corrected chi connectivity index (χ2v) is 9.19. The molecule has 0 saturated heterocycles. The van der Waals surface area contributed by atoms with Crippen LogP contribution in [0.4, 0.5) is 19.3 Å². The van der Waals surface area contributed by atoms with Crippen LogP contribution in [0.2, 0.25) is 0 Å². The second kappa shape index (κ2) is 10.4. The summed E-state index contributed by atoms with van der Waals surface area (Å²) in [6.45, 7) is 1.04. The molecule has 2 amide bonds. The molecule has 0 atom stereocenters. The van der Waals surface area contributed by atoms with Gasteiger partial charge in [-0.15, -0.1) is 11.3 Å². The Balaban J connectivity index is 1.32. The Morgan fingerprint density at radius 2 is 1.92 bits per heavy atom. The molecule has 0 radical (unpaired) electrons. The van der Waals surface area contributed by atoms with Crippen LogP contribution in [0.15, 0.2) is 72.2 Å². The lowest BCUT2D eigenvalue weighted by molar-refractivity contribution is 0.155. The number of urea groups is 1. The van der Waals surface area contributed by atoms with E-state index in [0.29, 0.717) is 26.1 Å². The summed E-state index contributed by atoms with van der Waals surface area (Å²) in [5.74, 6) is -1.53. The molecule has 9 heteroatoms. The van der Waals surface area contributed by atoms with Crippen molar-refractivity contribution in [3.8, 4) is 11.3 Å². The summed E-state index contributed by atoms with van der Waals surface area (Å²) in [6, 6.07) is 17.1. The molecule has 5 rings (SSSR count). The molecule has 0 aliphatic rings. The van der Waals surface area contributed by atoms with E-state index in [0.717, 1.165) is 39.4 Å². The minimum atomic E-state index is -0.825. The van der Waals surface area contributed by atoms with Crippen molar-refractivity contribution < 1.29 is 18.3 Å². The van der Waals surface area contributed by atoms with Crippen molar-refractivity contribution in [3.63, 3.8) is 0 Å². The first kappa shape index (κ1) is 23.9. The Kier molecular flexibility index (Phi) is 6.92. The van der Waals surface area contributed by atoms with E-state index in [1.165, 1.54) is 22.8 Å². The maximum absolute atomic E-state index is 14.0. The highest BCUT2D eigenvalue weighted by Gasteiger charge is 2.17. The third-order valence-corrected chi connectivity index (χ3v) is 6.88. The Morgan fingerprint density at radius 1 is 1.08 bits per heavy atom. The van der Waals surface area contributed by atoms with Gasteiger partial charge in [0.05, 0.1) is 18.0 Å². The zero-order valence-corrected chi connectivity index (χ0v) is 20.4. The van der Waals surface area contributed by atoms with Gasteiger partial charge in [-0.25, -0.2) is 18.6 Å². The number of anilines is 1. The fraction of sp³-hybridized carbons (Fsp3) is 0.185. The van der Waals surface area contributed by atoms with Gasteiger partial charge >= 0.3 is 6.03 Å². The topological polar surface area (TPSA) is 58.9 Å². The van der Waals surface area contributed by atoms with Crippen molar-refractivity contribution in [1.29, 1.82) is 0 Å². The fourth-order valence-electron chi connectivity index (χ4n) is 4.05. The number of imidazole rings is 1. The predicted octanol–water partition coefficient (Wildman–Crippen LogP) is 6.22. The van der Waals surface area contributed by atoms with E-state index in [-0.39, 0.29) is 5.69 Å². The molecular weight excluding hydrogens is 482 g/mol. The van der Waals surface area contributed by atoms with Crippen molar-refractivity contribution in [2.45, 2.75) is 6.42 Å². The maximum Gasteiger partial charge on any atom is 0.322 e. The molecule has 5 aromatic rings. The number of fused-ring (bicyclic) bond motifs is 2. The van der Waals surface area contributed by atoms with Crippen LogP contribution >= 0.6 is 11.3 Å². The minimum absolute atomic E-state index is 0.0728. The summed E-state index contributed by atoms with van der Waals surface area (Å²) < 4.78 is 34.4. The summed E-state index contributed by atoms with van der Waals surface area (Å²) in [5.41, 5.74) is 2.86. The molecule has 0 spiro atoms. The van der Waals surface area contributed by atoms with Crippen molar-refractivity contribution >= 4 is 38.8 Å². The van der Waals surface area contributed by atoms with E-state index < -0.39 is 17.7 Å². The Bertz CT molecular complexity index is 1530. The fourth-order valence-corrected chi connectivity index (χ4v) is 4.96. The summed E-state index contributed by atoms with van der Waals surface area (Å²) in [5, 5.41) is 6.89. The Labute approximate surface area is 210 Å². The van der Waals surface area contributed by atoms with Crippen molar-refractivity contribution in [3.05, 3.63) is 89.6 Å². The molecule has 0 fully saturated rings. The van der Waals surface area contributed by atoms with E-state index in [2.05, 4.69) is 35.6 Å². The van der Waals surface area contributed by atoms with Gasteiger partial charge in [0.2, 0.25) is 0 Å². The molecular formula is C27H24F2N4O2S. The Hall–Kier alpha value is -3.82. The number of ether oxygens (including phenoxy) is 1. The van der Waals surface area contributed by atoms with Gasteiger partial charge in [-0.3, -0.25) is 4.40 Å². The summed E-state index contributed by atoms with van der Waals surface area (Å²) >= 11 is 1.54. The number of hydrogen-bond donors (Lipinski definition) is 1. The molecule has 36 heavy (non-hydrogen) atoms. The van der Waals surface area contributed by atoms with Crippen molar-refractivity contribution in [1.82, 2.24) is 14.3 Å². The predicted molar refractivity (Wildman–Crippen MR) is 139 cm³/mol. The van der Waals surface area contributed by atoms with Gasteiger partial charge in [-0.2, -0.15) is 0 Å². The molecule has 6 nitrogen and oxygen atoms in total. The molecule has 3 aromatic carbocycles. The number of nitrogens with zero attached hydrogens (tertiary/aromatic N) is 3. The lowest BCUT2D eigenvalue weighted by Gasteiger charge is -2.23. The summed E-state index contributed by atoms with van der Waals surface area (Å²) in [6.07, 6.45) is 2.58.